The van der Waals surface area contributed by atoms with E-state index in [1.54, 1.807) is 0 Å². The van der Waals surface area contributed by atoms with Crippen molar-refractivity contribution in [1.29, 1.82) is 0 Å². The van der Waals surface area contributed by atoms with Gasteiger partial charge in [-0.1, -0.05) is 117 Å². The highest BCUT2D eigenvalue weighted by Gasteiger charge is 2.21. The summed E-state index contributed by atoms with van der Waals surface area (Å²) >= 11 is 0. The van der Waals surface area contributed by atoms with E-state index in [2.05, 4.69) is 11.6 Å². The van der Waals surface area contributed by atoms with Gasteiger partial charge in [-0.15, -0.1) is 4.67 Å². The molecule has 0 aliphatic carbocycles. The van der Waals surface area contributed by atoms with Gasteiger partial charge in [0.05, 0.1) is 13.2 Å². The first-order chi connectivity index (χ1) is 13.6. The Morgan fingerprint density at radius 1 is 0.571 bits per heavy atom. The minimum Gasteiger partial charge on any atom is -0.301 e. The third kappa shape index (κ3) is 22.4. The molecule has 5 nitrogen and oxygen atoms in total. The summed E-state index contributed by atoms with van der Waals surface area (Å²) in [5.41, 5.74) is 0. The average molecular weight is 423 g/mol. The number of hydrogen-bond acceptors (Lipinski definition) is 4. The Morgan fingerprint density at radius 3 is 1.39 bits per heavy atom. The van der Waals surface area contributed by atoms with Gasteiger partial charge in [-0.3, -0.25) is 4.52 Å². The largest absolute Gasteiger partial charge is 0.499 e. The fourth-order valence-electron chi connectivity index (χ4n) is 3.16. The molecular weight excluding hydrogens is 375 g/mol. The highest BCUT2D eigenvalue weighted by atomic mass is 31.2. The van der Waals surface area contributed by atoms with Gasteiger partial charge < -0.3 is 4.89 Å². The summed E-state index contributed by atoms with van der Waals surface area (Å²) in [4.78, 5) is 14.2. The summed E-state index contributed by atoms with van der Waals surface area (Å²) in [6.07, 6.45) is 22.7. The number of hydrogen-bond donors (Lipinski definition) is 1. The smallest absolute Gasteiger partial charge is 0.301 e. The number of phosphoric acid groups is 1. The van der Waals surface area contributed by atoms with Gasteiger partial charge >= 0.3 is 7.82 Å². The maximum atomic E-state index is 11.4. The molecule has 0 amide bonds. The van der Waals surface area contributed by atoms with Crippen LogP contribution in [0.4, 0.5) is 0 Å². The van der Waals surface area contributed by atoms with Gasteiger partial charge in [0.15, 0.2) is 0 Å². The van der Waals surface area contributed by atoms with Gasteiger partial charge in [0.2, 0.25) is 0 Å². The highest BCUT2D eigenvalue weighted by molar-refractivity contribution is 7.47. The van der Waals surface area contributed by atoms with Crippen molar-refractivity contribution < 1.29 is 23.5 Å². The molecule has 170 valence electrons. The second-order valence-electron chi connectivity index (χ2n) is 7.86. The standard InChI is InChI=1S/C22H47O5P/c1-3-5-7-8-9-10-11-12-13-14-15-16-17-18-19-20-21-25-27-28(23,24)26-22-6-4-2/h3-22H2,1-2H3,(H,23,24). The fourth-order valence-corrected chi connectivity index (χ4v) is 3.77. The third-order valence-electron chi connectivity index (χ3n) is 4.98. The van der Waals surface area contributed by atoms with Crippen LogP contribution in [0.5, 0.6) is 0 Å². The maximum Gasteiger partial charge on any atom is 0.499 e. The van der Waals surface area contributed by atoms with E-state index in [1.165, 1.54) is 89.9 Å². The van der Waals surface area contributed by atoms with Crippen LogP contribution in [0.25, 0.3) is 0 Å². The van der Waals surface area contributed by atoms with Crippen molar-refractivity contribution in [3.05, 3.63) is 0 Å². The Kier molecular flexibility index (Phi) is 21.8. The van der Waals surface area contributed by atoms with Crippen LogP contribution in [-0.2, 0) is 18.7 Å². The molecule has 0 spiro atoms. The topological polar surface area (TPSA) is 65.0 Å². The molecule has 0 saturated heterocycles. The Labute approximate surface area is 174 Å². The molecular formula is C22H47O5P. The van der Waals surface area contributed by atoms with E-state index in [1.807, 2.05) is 6.92 Å². The van der Waals surface area contributed by atoms with E-state index in [9.17, 15) is 9.46 Å². The number of rotatable bonds is 23. The second-order valence-corrected chi connectivity index (χ2v) is 9.20. The van der Waals surface area contributed by atoms with Gasteiger partial charge in [0.1, 0.15) is 0 Å². The lowest BCUT2D eigenvalue weighted by molar-refractivity contribution is -0.225. The molecule has 0 aliphatic heterocycles. The monoisotopic (exact) mass is 422 g/mol. The maximum absolute atomic E-state index is 11.4. The zero-order valence-corrected chi connectivity index (χ0v) is 19.6. The Morgan fingerprint density at radius 2 is 0.964 bits per heavy atom. The molecule has 1 atom stereocenters. The van der Waals surface area contributed by atoms with E-state index in [4.69, 9.17) is 9.41 Å². The zero-order chi connectivity index (χ0) is 20.8. The fraction of sp³-hybridized carbons (Fsp3) is 1.00. The lowest BCUT2D eigenvalue weighted by atomic mass is 10.0. The van der Waals surface area contributed by atoms with Crippen molar-refractivity contribution >= 4 is 7.82 Å². The van der Waals surface area contributed by atoms with Crippen molar-refractivity contribution in [2.24, 2.45) is 0 Å². The quantitative estimate of drug-likeness (QED) is 0.0779. The third-order valence-corrected chi connectivity index (χ3v) is 5.78. The van der Waals surface area contributed by atoms with Crippen LogP contribution in [0.15, 0.2) is 0 Å². The van der Waals surface area contributed by atoms with Crippen LogP contribution in [-0.4, -0.2) is 18.1 Å². The average Bonchev–Trinajstić information content (AvgIpc) is 2.67. The SMILES string of the molecule is CCCCCCCCCCCCCCCCCCOOP(=O)(O)OCCCC. The lowest BCUT2D eigenvalue weighted by Crippen LogP contribution is -1.99. The van der Waals surface area contributed by atoms with Crippen molar-refractivity contribution in [2.75, 3.05) is 13.2 Å². The predicted molar refractivity (Wildman–Crippen MR) is 117 cm³/mol. The van der Waals surface area contributed by atoms with Crippen LogP contribution in [0.1, 0.15) is 129 Å². The minimum atomic E-state index is -4.04. The van der Waals surface area contributed by atoms with Gasteiger partial charge in [-0.05, 0) is 12.8 Å². The molecule has 28 heavy (non-hydrogen) atoms. The highest BCUT2D eigenvalue weighted by Crippen LogP contribution is 2.43. The summed E-state index contributed by atoms with van der Waals surface area (Å²) in [6.45, 7) is 4.81. The van der Waals surface area contributed by atoms with Crippen LogP contribution < -0.4 is 0 Å². The zero-order valence-electron chi connectivity index (χ0n) is 18.7. The summed E-state index contributed by atoms with van der Waals surface area (Å²) in [6, 6.07) is 0. The first kappa shape index (κ1) is 28.1. The molecule has 0 rings (SSSR count). The van der Waals surface area contributed by atoms with Crippen molar-refractivity contribution in [1.82, 2.24) is 0 Å². The Balaban J connectivity index is 3.17. The molecule has 0 aromatic rings. The molecule has 0 radical (unpaired) electrons. The first-order valence-electron chi connectivity index (χ1n) is 11.9. The van der Waals surface area contributed by atoms with Crippen molar-refractivity contribution in [3.8, 4) is 0 Å². The van der Waals surface area contributed by atoms with Crippen LogP contribution in [0.3, 0.4) is 0 Å². The molecule has 1 N–H and O–H groups in total. The van der Waals surface area contributed by atoms with Crippen LogP contribution in [0, 0.1) is 0 Å². The molecule has 0 heterocycles. The molecule has 6 heteroatoms. The first-order valence-corrected chi connectivity index (χ1v) is 13.4. The molecule has 1 unspecified atom stereocenters. The second kappa shape index (κ2) is 21.8. The molecule has 0 bridgehead atoms. The van der Waals surface area contributed by atoms with E-state index in [-0.39, 0.29) is 6.61 Å². The summed E-state index contributed by atoms with van der Waals surface area (Å²) in [5.74, 6) is 0. The van der Waals surface area contributed by atoms with Gasteiger partial charge in [0, 0.05) is 0 Å². The minimum absolute atomic E-state index is 0.215. The molecule has 0 aromatic heterocycles. The number of phosphoric ester groups is 1. The van der Waals surface area contributed by atoms with E-state index in [0.29, 0.717) is 6.61 Å². The van der Waals surface area contributed by atoms with Crippen molar-refractivity contribution in [2.45, 2.75) is 129 Å². The normalized spacial score (nSPS) is 13.7. The van der Waals surface area contributed by atoms with Crippen LogP contribution >= 0.6 is 7.82 Å². The summed E-state index contributed by atoms with van der Waals surface area (Å²) < 4.78 is 20.7. The van der Waals surface area contributed by atoms with Crippen molar-refractivity contribution in [3.63, 3.8) is 0 Å². The predicted octanol–water partition coefficient (Wildman–Crippen LogP) is 8.11. The van der Waals surface area contributed by atoms with E-state index in [0.717, 1.165) is 25.7 Å². The van der Waals surface area contributed by atoms with E-state index >= 15 is 0 Å². The van der Waals surface area contributed by atoms with Crippen LogP contribution in [0.2, 0.25) is 0 Å². The van der Waals surface area contributed by atoms with Gasteiger partial charge in [-0.2, -0.15) is 0 Å². The Hall–Kier alpha value is 0.0700. The molecule has 0 fully saturated rings. The lowest BCUT2D eigenvalue weighted by Gasteiger charge is -2.10. The van der Waals surface area contributed by atoms with Gasteiger partial charge in [0.25, 0.3) is 0 Å². The molecule has 0 aliphatic rings. The number of unbranched alkanes of at least 4 members (excludes halogenated alkanes) is 16. The van der Waals surface area contributed by atoms with Gasteiger partial charge in [-0.25, -0.2) is 9.45 Å². The summed E-state index contributed by atoms with van der Waals surface area (Å²) in [7, 11) is -4.04. The molecule has 0 saturated carbocycles. The van der Waals surface area contributed by atoms with E-state index < -0.39 is 7.82 Å². The Bertz CT molecular complexity index is 352. The summed E-state index contributed by atoms with van der Waals surface area (Å²) in [5, 5.41) is 0. The molecule has 0 aromatic carbocycles.